The predicted octanol–water partition coefficient (Wildman–Crippen LogP) is 4.99. The zero-order valence-corrected chi connectivity index (χ0v) is 16.8. The molecule has 3 rings (SSSR count). The normalized spacial score (nSPS) is 16.3. The number of esters is 1. The summed E-state index contributed by atoms with van der Waals surface area (Å²) in [5.74, 6) is 1.35. The van der Waals surface area contributed by atoms with E-state index in [9.17, 15) is 9.59 Å². The third kappa shape index (κ3) is 4.69. The third-order valence-corrected chi connectivity index (χ3v) is 5.72. The van der Waals surface area contributed by atoms with Crippen molar-refractivity contribution in [1.29, 1.82) is 0 Å². The summed E-state index contributed by atoms with van der Waals surface area (Å²) in [5, 5.41) is 3.45. The zero-order chi connectivity index (χ0) is 19.4. The minimum atomic E-state index is -0.343. The lowest BCUT2D eigenvalue weighted by Gasteiger charge is -2.18. The molecule has 5 nitrogen and oxygen atoms in total. The summed E-state index contributed by atoms with van der Waals surface area (Å²) >= 11 is 1.49. The maximum atomic E-state index is 12.6. The van der Waals surface area contributed by atoms with E-state index in [0.717, 1.165) is 37.0 Å². The second kappa shape index (κ2) is 8.57. The average molecular weight is 388 g/mol. The van der Waals surface area contributed by atoms with Gasteiger partial charge in [-0.2, -0.15) is 0 Å². The van der Waals surface area contributed by atoms with Crippen LogP contribution in [0.2, 0.25) is 0 Å². The molecule has 2 aromatic rings. The summed E-state index contributed by atoms with van der Waals surface area (Å²) in [7, 11) is 0. The number of furan rings is 1. The first-order chi connectivity index (χ1) is 13.0. The van der Waals surface area contributed by atoms with E-state index in [1.807, 2.05) is 19.9 Å². The fraction of sp³-hybridized carbons (Fsp3) is 0.429. The van der Waals surface area contributed by atoms with Gasteiger partial charge in [0.15, 0.2) is 0 Å². The van der Waals surface area contributed by atoms with E-state index in [1.165, 1.54) is 22.3 Å². The van der Waals surface area contributed by atoms with Crippen molar-refractivity contribution in [3.8, 4) is 0 Å². The smallest absolute Gasteiger partial charge is 0.341 e. The lowest BCUT2D eigenvalue weighted by Crippen LogP contribution is -2.16. The average Bonchev–Trinajstić information content (AvgIpc) is 3.20. The maximum Gasteiger partial charge on any atom is 0.341 e. The number of thiophene rings is 1. The van der Waals surface area contributed by atoms with Crippen molar-refractivity contribution in [2.24, 2.45) is 5.92 Å². The van der Waals surface area contributed by atoms with Gasteiger partial charge >= 0.3 is 5.97 Å². The number of carbonyl (C=O) groups excluding carboxylic acids is 2. The SMILES string of the molecule is CCCOC(=O)c1c(NC(=O)C=Cc2ccc(C)o2)sc2c1CCC(C)C2. The molecule has 144 valence electrons. The van der Waals surface area contributed by atoms with E-state index in [0.29, 0.717) is 28.8 Å². The Morgan fingerprint density at radius 2 is 2.22 bits per heavy atom. The summed E-state index contributed by atoms with van der Waals surface area (Å²) in [6.07, 6.45) is 6.63. The van der Waals surface area contributed by atoms with Crippen LogP contribution in [0.15, 0.2) is 22.6 Å². The molecule has 6 heteroatoms. The Morgan fingerprint density at radius 3 is 2.93 bits per heavy atom. The molecule has 1 unspecified atom stereocenters. The number of nitrogens with one attached hydrogen (secondary N) is 1. The van der Waals surface area contributed by atoms with Crippen LogP contribution in [-0.2, 0) is 22.4 Å². The Hall–Kier alpha value is -2.34. The molecule has 2 aromatic heterocycles. The second-order valence-corrected chi connectivity index (χ2v) is 8.07. The Balaban J connectivity index is 1.81. The van der Waals surface area contributed by atoms with Gasteiger partial charge in [0.1, 0.15) is 16.5 Å². The molecule has 1 aliphatic rings. The van der Waals surface area contributed by atoms with Crippen LogP contribution >= 0.6 is 11.3 Å². The molecule has 1 aliphatic carbocycles. The molecule has 1 amide bonds. The molecular formula is C21H25NO4S. The van der Waals surface area contributed by atoms with Gasteiger partial charge in [-0.05, 0) is 62.3 Å². The molecule has 27 heavy (non-hydrogen) atoms. The van der Waals surface area contributed by atoms with Gasteiger partial charge in [0.05, 0.1) is 12.2 Å². The minimum Gasteiger partial charge on any atom is -0.462 e. The number of hydrogen-bond donors (Lipinski definition) is 1. The number of ether oxygens (including phenoxy) is 1. The first kappa shape index (κ1) is 19.4. The van der Waals surface area contributed by atoms with Crippen molar-refractivity contribution < 1.29 is 18.7 Å². The Labute approximate surface area is 163 Å². The van der Waals surface area contributed by atoms with Crippen molar-refractivity contribution in [1.82, 2.24) is 0 Å². The molecule has 2 heterocycles. The molecule has 0 spiro atoms. The Morgan fingerprint density at radius 1 is 1.41 bits per heavy atom. The minimum absolute atomic E-state index is 0.291. The Bertz CT molecular complexity index is 862. The van der Waals surface area contributed by atoms with Gasteiger partial charge in [-0.25, -0.2) is 4.79 Å². The summed E-state index contributed by atoms with van der Waals surface area (Å²) in [6, 6.07) is 3.64. The molecule has 0 saturated carbocycles. The highest BCUT2D eigenvalue weighted by Crippen LogP contribution is 2.40. The highest BCUT2D eigenvalue weighted by atomic mass is 32.1. The lowest BCUT2D eigenvalue weighted by molar-refractivity contribution is -0.111. The highest BCUT2D eigenvalue weighted by Gasteiger charge is 2.28. The number of carbonyl (C=O) groups is 2. The van der Waals surface area contributed by atoms with E-state index >= 15 is 0 Å². The van der Waals surface area contributed by atoms with Crippen LogP contribution in [0.4, 0.5) is 5.00 Å². The Kier molecular flexibility index (Phi) is 6.16. The van der Waals surface area contributed by atoms with Crippen molar-refractivity contribution in [3.63, 3.8) is 0 Å². The number of aryl methyl sites for hydroxylation is 1. The van der Waals surface area contributed by atoms with Crippen molar-refractivity contribution in [2.45, 2.75) is 46.5 Å². The first-order valence-electron chi connectivity index (χ1n) is 9.35. The number of hydrogen-bond acceptors (Lipinski definition) is 5. The van der Waals surface area contributed by atoms with Gasteiger partial charge in [-0.1, -0.05) is 13.8 Å². The summed E-state index contributed by atoms with van der Waals surface area (Å²) < 4.78 is 10.8. The van der Waals surface area contributed by atoms with Crippen LogP contribution in [0, 0.1) is 12.8 Å². The molecule has 0 aliphatic heterocycles. The van der Waals surface area contributed by atoms with Crippen molar-refractivity contribution >= 4 is 34.3 Å². The van der Waals surface area contributed by atoms with E-state index in [1.54, 1.807) is 12.1 Å². The van der Waals surface area contributed by atoms with Gasteiger partial charge < -0.3 is 14.5 Å². The molecule has 1 N–H and O–H groups in total. The van der Waals surface area contributed by atoms with Gasteiger partial charge in [0.2, 0.25) is 5.91 Å². The van der Waals surface area contributed by atoms with E-state index in [4.69, 9.17) is 9.15 Å². The van der Waals surface area contributed by atoms with Gasteiger partial charge in [0, 0.05) is 11.0 Å². The van der Waals surface area contributed by atoms with E-state index < -0.39 is 0 Å². The van der Waals surface area contributed by atoms with Crippen LogP contribution in [0.25, 0.3) is 6.08 Å². The number of fused-ring (bicyclic) bond motifs is 1. The molecule has 0 aromatic carbocycles. The summed E-state index contributed by atoms with van der Waals surface area (Å²) in [5.41, 5.74) is 1.58. The monoisotopic (exact) mass is 387 g/mol. The molecular weight excluding hydrogens is 362 g/mol. The maximum absolute atomic E-state index is 12.6. The molecule has 0 fully saturated rings. The van der Waals surface area contributed by atoms with E-state index in [2.05, 4.69) is 12.2 Å². The lowest BCUT2D eigenvalue weighted by atomic mass is 9.88. The van der Waals surface area contributed by atoms with Gasteiger partial charge in [-0.3, -0.25) is 4.79 Å². The van der Waals surface area contributed by atoms with Crippen LogP contribution in [0.5, 0.6) is 0 Å². The quantitative estimate of drug-likeness (QED) is 0.560. The summed E-state index contributed by atoms with van der Waals surface area (Å²) in [4.78, 5) is 26.2. The molecule has 0 saturated heterocycles. The van der Waals surface area contributed by atoms with Gasteiger partial charge in [0.25, 0.3) is 0 Å². The zero-order valence-electron chi connectivity index (χ0n) is 16.0. The van der Waals surface area contributed by atoms with Gasteiger partial charge in [-0.15, -0.1) is 11.3 Å². The molecule has 0 radical (unpaired) electrons. The highest BCUT2D eigenvalue weighted by molar-refractivity contribution is 7.17. The van der Waals surface area contributed by atoms with Crippen molar-refractivity contribution in [3.05, 3.63) is 45.7 Å². The number of amides is 1. The fourth-order valence-electron chi connectivity index (χ4n) is 3.18. The van der Waals surface area contributed by atoms with Crippen LogP contribution in [0.3, 0.4) is 0 Å². The van der Waals surface area contributed by atoms with E-state index in [-0.39, 0.29) is 11.9 Å². The largest absolute Gasteiger partial charge is 0.462 e. The molecule has 0 bridgehead atoms. The number of rotatable bonds is 6. The van der Waals surface area contributed by atoms with Crippen LogP contribution in [0.1, 0.15) is 59.0 Å². The van der Waals surface area contributed by atoms with Crippen LogP contribution in [-0.4, -0.2) is 18.5 Å². The number of anilines is 1. The third-order valence-electron chi connectivity index (χ3n) is 4.55. The van der Waals surface area contributed by atoms with Crippen LogP contribution < -0.4 is 5.32 Å². The topological polar surface area (TPSA) is 68.5 Å². The molecule has 1 atom stereocenters. The fourth-order valence-corrected chi connectivity index (χ4v) is 4.58. The predicted molar refractivity (Wildman–Crippen MR) is 107 cm³/mol. The van der Waals surface area contributed by atoms with Crippen molar-refractivity contribution in [2.75, 3.05) is 11.9 Å². The standard InChI is InChI=1S/C21H25NO4S/c1-4-11-25-21(24)19-16-9-5-13(2)12-17(16)27-20(19)22-18(23)10-8-15-7-6-14(3)26-15/h6-8,10,13H,4-5,9,11-12H2,1-3H3,(H,22,23). The second-order valence-electron chi connectivity index (χ2n) is 6.96. The summed E-state index contributed by atoms with van der Waals surface area (Å²) in [6.45, 7) is 6.40. The first-order valence-corrected chi connectivity index (χ1v) is 10.2.